The molecule has 0 saturated heterocycles. The van der Waals surface area contributed by atoms with Gasteiger partial charge in [-0.3, -0.25) is 9.36 Å². The first kappa shape index (κ1) is 24.5. The predicted molar refractivity (Wildman–Crippen MR) is 142 cm³/mol. The summed E-state index contributed by atoms with van der Waals surface area (Å²) in [5.41, 5.74) is 5.17. The highest BCUT2D eigenvalue weighted by Gasteiger charge is 2.17. The van der Waals surface area contributed by atoms with Gasteiger partial charge in [-0.25, -0.2) is 0 Å². The summed E-state index contributed by atoms with van der Waals surface area (Å²) in [5, 5.41) is 12.7. The standard InChI is InChI=1S/C28H30N4O2S/c1-4-22-13-9-10-20(3)27(22)29-26(33)19-35-28-31-30-25(18-21-11-7-6-8-12-21)32(28)23-14-16-24(17-15-23)34-5-2/h6-17H,4-5,18-19H2,1-3H3,(H,29,33). The van der Waals surface area contributed by atoms with Crippen molar-refractivity contribution in [2.45, 2.75) is 38.8 Å². The van der Waals surface area contributed by atoms with Gasteiger partial charge in [0.25, 0.3) is 0 Å². The number of hydrogen-bond acceptors (Lipinski definition) is 5. The summed E-state index contributed by atoms with van der Waals surface area (Å²) < 4.78 is 7.62. The Bertz CT molecular complexity index is 1270. The lowest BCUT2D eigenvalue weighted by Crippen LogP contribution is -2.16. The molecule has 180 valence electrons. The summed E-state index contributed by atoms with van der Waals surface area (Å²) in [6.45, 7) is 6.68. The van der Waals surface area contributed by atoms with Crippen molar-refractivity contribution in [2.24, 2.45) is 0 Å². The predicted octanol–water partition coefficient (Wildman–Crippen LogP) is 5.86. The minimum atomic E-state index is -0.0650. The van der Waals surface area contributed by atoms with Crippen molar-refractivity contribution in [1.29, 1.82) is 0 Å². The number of hydrogen-bond donors (Lipinski definition) is 1. The molecule has 1 amide bonds. The maximum absolute atomic E-state index is 12.9. The lowest BCUT2D eigenvalue weighted by atomic mass is 10.1. The van der Waals surface area contributed by atoms with Gasteiger partial charge < -0.3 is 10.1 Å². The number of aromatic nitrogens is 3. The van der Waals surface area contributed by atoms with Crippen LogP contribution in [0.25, 0.3) is 5.69 Å². The van der Waals surface area contributed by atoms with E-state index in [1.54, 1.807) is 0 Å². The Morgan fingerprint density at radius 1 is 0.971 bits per heavy atom. The zero-order valence-electron chi connectivity index (χ0n) is 20.3. The van der Waals surface area contributed by atoms with E-state index in [1.807, 2.05) is 79.1 Å². The number of carbonyl (C=O) groups excluding carboxylic acids is 1. The van der Waals surface area contributed by atoms with Crippen molar-refractivity contribution in [3.8, 4) is 11.4 Å². The van der Waals surface area contributed by atoms with Crippen molar-refractivity contribution in [2.75, 3.05) is 17.7 Å². The van der Waals surface area contributed by atoms with E-state index < -0.39 is 0 Å². The fourth-order valence-electron chi connectivity index (χ4n) is 3.91. The minimum absolute atomic E-state index is 0.0650. The van der Waals surface area contributed by atoms with E-state index in [0.29, 0.717) is 18.2 Å². The van der Waals surface area contributed by atoms with Crippen molar-refractivity contribution >= 4 is 23.4 Å². The molecule has 0 unspecified atom stereocenters. The number of anilines is 1. The second-order valence-electron chi connectivity index (χ2n) is 8.12. The molecule has 1 N–H and O–H groups in total. The van der Waals surface area contributed by atoms with Gasteiger partial charge in [0.1, 0.15) is 11.6 Å². The van der Waals surface area contributed by atoms with E-state index in [1.165, 1.54) is 11.8 Å². The van der Waals surface area contributed by atoms with Gasteiger partial charge in [0, 0.05) is 17.8 Å². The molecule has 0 bridgehead atoms. The molecule has 0 atom stereocenters. The van der Waals surface area contributed by atoms with Crippen LogP contribution >= 0.6 is 11.8 Å². The highest BCUT2D eigenvalue weighted by Crippen LogP contribution is 2.26. The highest BCUT2D eigenvalue weighted by atomic mass is 32.2. The van der Waals surface area contributed by atoms with Gasteiger partial charge in [0.05, 0.1) is 12.4 Å². The van der Waals surface area contributed by atoms with Crippen LogP contribution in [0.3, 0.4) is 0 Å². The van der Waals surface area contributed by atoms with Crippen molar-refractivity contribution < 1.29 is 9.53 Å². The molecule has 4 aromatic rings. The quantitative estimate of drug-likeness (QED) is 0.284. The van der Waals surface area contributed by atoms with Gasteiger partial charge >= 0.3 is 0 Å². The first-order valence-electron chi connectivity index (χ1n) is 11.8. The molecule has 6 nitrogen and oxygen atoms in total. The van der Waals surface area contributed by atoms with Gasteiger partial charge in [-0.05, 0) is 61.2 Å². The van der Waals surface area contributed by atoms with Crippen LogP contribution in [0.1, 0.15) is 36.4 Å². The topological polar surface area (TPSA) is 69.0 Å². The van der Waals surface area contributed by atoms with E-state index in [-0.39, 0.29) is 11.7 Å². The van der Waals surface area contributed by atoms with Gasteiger partial charge in [0.15, 0.2) is 5.16 Å². The third kappa shape index (κ3) is 6.11. The highest BCUT2D eigenvalue weighted by molar-refractivity contribution is 7.99. The number of amides is 1. The number of nitrogens with one attached hydrogen (secondary N) is 1. The lowest BCUT2D eigenvalue weighted by molar-refractivity contribution is -0.113. The van der Waals surface area contributed by atoms with Crippen molar-refractivity contribution in [1.82, 2.24) is 14.8 Å². The van der Waals surface area contributed by atoms with Crippen LogP contribution in [0.4, 0.5) is 5.69 Å². The minimum Gasteiger partial charge on any atom is -0.494 e. The first-order valence-corrected chi connectivity index (χ1v) is 12.8. The molecule has 1 aromatic heterocycles. The molecule has 0 saturated carbocycles. The Kier molecular flexibility index (Phi) is 8.21. The monoisotopic (exact) mass is 486 g/mol. The largest absolute Gasteiger partial charge is 0.494 e. The molecule has 7 heteroatoms. The molecular weight excluding hydrogens is 456 g/mol. The molecule has 0 aliphatic carbocycles. The number of carbonyl (C=O) groups is 1. The van der Waals surface area contributed by atoms with Crippen LogP contribution < -0.4 is 10.1 Å². The molecule has 0 radical (unpaired) electrons. The second kappa shape index (κ2) is 11.7. The summed E-state index contributed by atoms with van der Waals surface area (Å²) in [6, 6.07) is 24.1. The van der Waals surface area contributed by atoms with E-state index in [0.717, 1.165) is 46.1 Å². The van der Waals surface area contributed by atoms with Crippen molar-refractivity contribution in [3.63, 3.8) is 0 Å². The van der Waals surface area contributed by atoms with Gasteiger partial charge in [0.2, 0.25) is 5.91 Å². The Labute approximate surface area is 210 Å². The van der Waals surface area contributed by atoms with E-state index in [2.05, 4.69) is 34.6 Å². The molecule has 35 heavy (non-hydrogen) atoms. The van der Waals surface area contributed by atoms with Crippen LogP contribution in [0.15, 0.2) is 78.0 Å². The summed E-state index contributed by atoms with van der Waals surface area (Å²) >= 11 is 1.38. The Balaban J connectivity index is 1.56. The van der Waals surface area contributed by atoms with E-state index in [9.17, 15) is 4.79 Å². The number of benzene rings is 3. The SMILES string of the molecule is CCOc1ccc(-n2c(Cc3ccccc3)nnc2SCC(=O)Nc2c(C)cccc2CC)cc1. The zero-order chi connectivity index (χ0) is 24.6. The number of rotatable bonds is 10. The van der Waals surface area contributed by atoms with Crippen LogP contribution in [0.5, 0.6) is 5.75 Å². The molecule has 1 heterocycles. The summed E-state index contributed by atoms with van der Waals surface area (Å²) in [5.74, 6) is 1.80. The Morgan fingerprint density at radius 2 is 1.74 bits per heavy atom. The van der Waals surface area contributed by atoms with Crippen LogP contribution in [0.2, 0.25) is 0 Å². The average molecular weight is 487 g/mol. The van der Waals surface area contributed by atoms with Gasteiger partial charge in [-0.2, -0.15) is 0 Å². The number of thioether (sulfide) groups is 1. The fraction of sp³-hybridized carbons (Fsp3) is 0.250. The summed E-state index contributed by atoms with van der Waals surface area (Å²) in [7, 11) is 0. The fourth-order valence-corrected chi connectivity index (χ4v) is 4.68. The third-order valence-corrected chi connectivity index (χ3v) is 6.58. The molecule has 0 aliphatic rings. The lowest BCUT2D eigenvalue weighted by Gasteiger charge is -2.13. The smallest absolute Gasteiger partial charge is 0.234 e. The normalized spacial score (nSPS) is 10.8. The van der Waals surface area contributed by atoms with Crippen molar-refractivity contribution in [3.05, 3.63) is 95.3 Å². The molecule has 0 spiro atoms. The van der Waals surface area contributed by atoms with E-state index >= 15 is 0 Å². The molecule has 3 aromatic carbocycles. The maximum atomic E-state index is 12.9. The molecule has 0 fully saturated rings. The molecule has 0 aliphatic heterocycles. The van der Waals surface area contributed by atoms with Crippen LogP contribution in [-0.4, -0.2) is 33.0 Å². The number of para-hydroxylation sites is 1. The van der Waals surface area contributed by atoms with Crippen LogP contribution in [0, 0.1) is 6.92 Å². The third-order valence-electron chi connectivity index (χ3n) is 5.65. The number of nitrogens with zero attached hydrogens (tertiary/aromatic N) is 3. The number of ether oxygens (including phenoxy) is 1. The summed E-state index contributed by atoms with van der Waals surface area (Å²) in [6.07, 6.45) is 1.50. The molecule has 4 rings (SSSR count). The maximum Gasteiger partial charge on any atom is 0.234 e. The van der Waals surface area contributed by atoms with Crippen LogP contribution in [-0.2, 0) is 17.6 Å². The Morgan fingerprint density at radius 3 is 2.46 bits per heavy atom. The average Bonchev–Trinajstić information content (AvgIpc) is 3.27. The van der Waals surface area contributed by atoms with Gasteiger partial charge in [-0.15, -0.1) is 10.2 Å². The summed E-state index contributed by atoms with van der Waals surface area (Å²) in [4.78, 5) is 12.9. The Hall–Kier alpha value is -3.58. The second-order valence-corrected chi connectivity index (χ2v) is 9.07. The number of aryl methyl sites for hydroxylation is 2. The molecular formula is C28H30N4O2S. The zero-order valence-corrected chi connectivity index (χ0v) is 21.1. The van der Waals surface area contributed by atoms with E-state index in [4.69, 9.17) is 4.74 Å². The van der Waals surface area contributed by atoms with Gasteiger partial charge in [-0.1, -0.05) is 67.2 Å². The first-order chi connectivity index (χ1) is 17.1.